The van der Waals surface area contributed by atoms with Gasteiger partial charge in [0.25, 0.3) is 0 Å². The standard InChI is InChI=1S/C11H18N2O5S/c1-11(6-14,7-15)13-19(16,17)8-3-4-10(18-2)9(12)5-8/h3-5,13-15H,6-7,12H2,1-2H3. The SMILES string of the molecule is COc1ccc(S(=O)(=O)NC(C)(CO)CO)cc1N. The van der Waals surface area contributed by atoms with E-state index in [9.17, 15) is 8.42 Å². The number of nitrogens with two attached hydrogens (primary N) is 1. The summed E-state index contributed by atoms with van der Waals surface area (Å²) in [7, 11) is -2.47. The normalized spacial score (nSPS) is 12.4. The van der Waals surface area contributed by atoms with Crippen molar-refractivity contribution in [2.75, 3.05) is 26.1 Å². The van der Waals surface area contributed by atoms with Gasteiger partial charge >= 0.3 is 0 Å². The molecule has 0 fully saturated rings. The molecule has 5 N–H and O–H groups in total. The molecule has 1 aromatic carbocycles. The first-order valence-electron chi connectivity index (χ1n) is 5.47. The Morgan fingerprint density at radius 3 is 2.37 bits per heavy atom. The molecule has 0 radical (unpaired) electrons. The van der Waals surface area contributed by atoms with E-state index in [1.165, 1.54) is 32.2 Å². The third kappa shape index (κ3) is 3.57. The van der Waals surface area contributed by atoms with Crippen molar-refractivity contribution in [1.29, 1.82) is 0 Å². The molecule has 8 heteroatoms. The van der Waals surface area contributed by atoms with Crippen LogP contribution in [0.2, 0.25) is 0 Å². The second-order valence-corrected chi connectivity index (χ2v) is 6.07. The average Bonchev–Trinajstić information content (AvgIpc) is 2.38. The number of aliphatic hydroxyl groups excluding tert-OH is 2. The molecule has 19 heavy (non-hydrogen) atoms. The minimum atomic E-state index is -3.90. The smallest absolute Gasteiger partial charge is 0.241 e. The predicted molar refractivity (Wildman–Crippen MR) is 70.3 cm³/mol. The predicted octanol–water partition coefficient (Wildman–Crippen LogP) is -0.701. The maximum atomic E-state index is 12.1. The molecule has 0 bridgehead atoms. The highest BCUT2D eigenvalue weighted by molar-refractivity contribution is 7.89. The Morgan fingerprint density at radius 1 is 1.37 bits per heavy atom. The fraction of sp³-hybridized carbons (Fsp3) is 0.455. The van der Waals surface area contributed by atoms with Crippen molar-refractivity contribution in [3.05, 3.63) is 18.2 Å². The number of benzene rings is 1. The highest BCUT2D eigenvalue weighted by Gasteiger charge is 2.29. The number of methoxy groups -OCH3 is 1. The van der Waals surface area contributed by atoms with E-state index in [0.29, 0.717) is 5.75 Å². The number of ether oxygens (including phenoxy) is 1. The van der Waals surface area contributed by atoms with Crippen molar-refractivity contribution in [3.63, 3.8) is 0 Å². The number of hydrogen-bond acceptors (Lipinski definition) is 6. The number of nitrogens with one attached hydrogen (secondary N) is 1. The van der Waals surface area contributed by atoms with Crippen LogP contribution in [0.1, 0.15) is 6.92 Å². The molecule has 0 aliphatic heterocycles. The second-order valence-electron chi connectivity index (χ2n) is 4.39. The van der Waals surface area contributed by atoms with Crippen LogP contribution in [0.15, 0.2) is 23.1 Å². The van der Waals surface area contributed by atoms with Gasteiger partial charge in [0.2, 0.25) is 10.0 Å². The van der Waals surface area contributed by atoms with Crippen molar-refractivity contribution >= 4 is 15.7 Å². The van der Waals surface area contributed by atoms with Gasteiger partial charge in [0.05, 0.1) is 36.4 Å². The second kappa shape index (κ2) is 5.74. The van der Waals surface area contributed by atoms with Gasteiger partial charge in [-0.3, -0.25) is 0 Å². The summed E-state index contributed by atoms with van der Waals surface area (Å²) >= 11 is 0. The summed E-state index contributed by atoms with van der Waals surface area (Å²) in [4.78, 5) is -0.0704. The van der Waals surface area contributed by atoms with Crippen LogP contribution in [0.25, 0.3) is 0 Å². The molecule has 0 amide bonds. The number of anilines is 1. The first kappa shape index (κ1) is 15.7. The Kier molecular flexibility index (Phi) is 4.75. The zero-order chi connectivity index (χ0) is 14.7. The molecule has 0 saturated heterocycles. The fourth-order valence-corrected chi connectivity index (χ4v) is 2.80. The number of aliphatic hydroxyl groups is 2. The summed E-state index contributed by atoms with van der Waals surface area (Å²) in [5.74, 6) is 0.367. The molecule has 0 aromatic heterocycles. The number of rotatable bonds is 6. The van der Waals surface area contributed by atoms with Gasteiger partial charge in [0, 0.05) is 0 Å². The van der Waals surface area contributed by atoms with E-state index in [4.69, 9.17) is 20.7 Å². The minimum Gasteiger partial charge on any atom is -0.495 e. The largest absolute Gasteiger partial charge is 0.495 e. The Labute approximate surface area is 112 Å². The minimum absolute atomic E-state index is 0.0704. The Hall–Kier alpha value is -1.35. The van der Waals surface area contributed by atoms with E-state index in [2.05, 4.69) is 4.72 Å². The lowest BCUT2D eigenvalue weighted by Crippen LogP contribution is -2.51. The van der Waals surface area contributed by atoms with Crippen molar-refractivity contribution in [1.82, 2.24) is 4.72 Å². The van der Waals surface area contributed by atoms with Crippen LogP contribution in [0, 0.1) is 0 Å². The van der Waals surface area contributed by atoms with E-state index < -0.39 is 28.8 Å². The summed E-state index contributed by atoms with van der Waals surface area (Å²) in [6.07, 6.45) is 0. The maximum Gasteiger partial charge on any atom is 0.241 e. The molecule has 1 rings (SSSR count). The molecule has 0 spiro atoms. The van der Waals surface area contributed by atoms with Gasteiger partial charge in [-0.15, -0.1) is 0 Å². The zero-order valence-corrected chi connectivity index (χ0v) is 11.6. The highest BCUT2D eigenvalue weighted by Crippen LogP contribution is 2.24. The van der Waals surface area contributed by atoms with Gasteiger partial charge in [-0.2, -0.15) is 0 Å². The molecule has 108 valence electrons. The van der Waals surface area contributed by atoms with Crippen molar-refractivity contribution in [2.24, 2.45) is 0 Å². The van der Waals surface area contributed by atoms with Crippen LogP contribution in [0.5, 0.6) is 5.75 Å². The Morgan fingerprint density at radius 2 is 1.95 bits per heavy atom. The van der Waals surface area contributed by atoms with E-state index in [-0.39, 0.29) is 10.6 Å². The summed E-state index contributed by atoms with van der Waals surface area (Å²) in [5.41, 5.74) is 4.48. The number of sulfonamides is 1. The van der Waals surface area contributed by atoms with E-state index in [1.54, 1.807) is 0 Å². The molecule has 0 saturated carbocycles. The first-order chi connectivity index (χ1) is 8.78. The van der Waals surface area contributed by atoms with E-state index >= 15 is 0 Å². The lowest BCUT2D eigenvalue weighted by molar-refractivity contribution is 0.122. The van der Waals surface area contributed by atoms with Crippen molar-refractivity contribution in [3.8, 4) is 5.75 Å². The molecule has 0 atom stereocenters. The molecule has 0 heterocycles. The summed E-state index contributed by atoms with van der Waals surface area (Å²) in [5, 5.41) is 18.2. The van der Waals surface area contributed by atoms with Crippen LogP contribution in [-0.4, -0.2) is 44.5 Å². The first-order valence-corrected chi connectivity index (χ1v) is 6.95. The molecule has 0 aliphatic rings. The number of hydrogen-bond donors (Lipinski definition) is 4. The highest BCUT2D eigenvalue weighted by atomic mass is 32.2. The fourth-order valence-electron chi connectivity index (χ4n) is 1.38. The summed E-state index contributed by atoms with van der Waals surface area (Å²) in [6.45, 7) is 0.320. The van der Waals surface area contributed by atoms with Crippen LogP contribution in [0.4, 0.5) is 5.69 Å². The van der Waals surface area contributed by atoms with E-state index in [1.807, 2.05) is 0 Å². The van der Waals surface area contributed by atoms with Gasteiger partial charge in [-0.05, 0) is 25.1 Å². The van der Waals surface area contributed by atoms with Crippen LogP contribution in [-0.2, 0) is 10.0 Å². The quantitative estimate of drug-likeness (QED) is 0.514. The lowest BCUT2D eigenvalue weighted by atomic mass is 10.1. The van der Waals surface area contributed by atoms with E-state index in [0.717, 1.165) is 0 Å². The van der Waals surface area contributed by atoms with Gasteiger partial charge in [-0.25, -0.2) is 13.1 Å². The van der Waals surface area contributed by atoms with Gasteiger partial charge in [0.15, 0.2) is 0 Å². The molecule has 0 aliphatic carbocycles. The third-order valence-electron chi connectivity index (χ3n) is 2.59. The molecule has 0 unspecified atom stereocenters. The van der Waals surface area contributed by atoms with Gasteiger partial charge < -0.3 is 20.7 Å². The van der Waals surface area contributed by atoms with Gasteiger partial charge in [-0.1, -0.05) is 0 Å². The van der Waals surface area contributed by atoms with Crippen LogP contribution < -0.4 is 15.2 Å². The lowest BCUT2D eigenvalue weighted by Gasteiger charge is -2.25. The zero-order valence-electron chi connectivity index (χ0n) is 10.8. The molecular weight excluding hydrogens is 272 g/mol. The summed E-state index contributed by atoms with van der Waals surface area (Å²) in [6, 6.07) is 4.00. The molecule has 7 nitrogen and oxygen atoms in total. The topological polar surface area (TPSA) is 122 Å². The van der Waals surface area contributed by atoms with Crippen molar-refractivity contribution < 1.29 is 23.4 Å². The van der Waals surface area contributed by atoms with Crippen LogP contribution in [0.3, 0.4) is 0 Å². The Balaban J connectivity index is 3.11. The van der Waals surface area contributed by atoms with Crippen molar-refractivity contribution in [2.45, 2.75) is 17.4 Å². The van der Waals surface area contributed by atoms with Crippen LogP contribution >= 0.6 is 0 Å². The third-order valence-corrected chi connectivity index (χ3v) is 4.23. The monoisotopic (exact) mass is 290 g/mol. The maximum absolute atomic E-state index is 12.1. The average molecular weight is 290 g/mol. The van der Waals surface area contributed by atoms with Gasteiger partial charge in [0.1, 0.15) is 5.75 Å². The summed E-state index contributed by atoms with van der Waals surface area (Å²) < 4.78 is 31.3. The number of nitrogen functional groups attached to an aromatic ring is 1. The Bertz CT molecular complexity index is 540. The molecule has 1 aromatic rings. The molecular formula is C11H18N2O5S.